The largest absolute Gasteiger partial charge is 0.304 e. The summed E-state index contributed by atoms with van der Waals surface area (Å²) in [4.78, 5) is 5.17. The van der Waals surface area contributed by atoms with Crippen LogP contribution in [0.3, 0.4) is 0 Å². The molecular weight excluding hydrogens is 400 g/mol. The number of hydrogen-bond acceptors (Lipinski definition) is 2. The van der Waals surface area contributed by atoms with Crippen molar-refractivity contribution < 1.29 is 0 Å². The third kappa shape index (κ3) is 10.1. The van der Waals surface area contributed by atoms with E-state index in [4.69, 9.17) is 0 Å². The number of piperazine rings is 1. The zero-order valence-corrected chi connectivity index (χ0v) is 25.5. The second-order valence-electron chi connectivity index (χ2n) is 10.9. The van der Waals surface area contributed by atoms with Crippen LogP contribution in [0.15, 0.2) is 24.3 Å². The van der Waals surface area contributed by atoms with Crippen LogP contribution in [-0.4, -0.2) is 49.1 Å². The summed E-state index contributed by atoms with van der Waals surface area (Å²) in [5.74, 6) is 0. The molecule has 2 nitrogen and oxygen atoms in total. The normalized spacial score (nSPS) is 16.3. The predicted octanol–water partition coefficient (Wildman–Crippen LogP) is 8.82. The van der Waals surface area contributed by atoms with Crippen LogP contribution in [0.25, 0.3) is 0 Å². The van der Waals surface area contributed by atoms with Crippen LogP contribution in [0.1, 0.15) is 114 Å². The third-order valence-corrected chi connectivity index (χ3v) is 8.08. The minimum absolute atomic E-state index is 0.220. The lowest BCUT2D eigenvalue weighted by molar-refractivity contribution is -0.0210. The number of hydrogen-bond donors (Lipinski definition) is 0. The van der Waals surface area contributed by atoms with Gasteiger partial charge in [-0.25, -0.2) is 0 Å². The highest BCUT2D eigenvalue weighted by Crippen LogP contribution is 2.48. The molecule has 0 N–H and O–H groups in total. The van der Waals surface area contributed by atoms with Gasteiger partial charge in [0.15, 0.2) is 0 Å². The Kier molecular flexibility index (Phi) is 16.6. The highest BCUT2D eigenvalue weighted by atomic mass is 15.3. The average molecular weight is 463 g/mol. The van der Waals surface area contributed by atoms with Gasteiger partial charge in [0, 0.05) is 32.2 Å². The Morgan fingerprint density at radius 1 is 0.727 bits per heavy atom. The van der Waals surface area contributed by atoms with Crippen LogP contribution < -0.4 is 0 Å². The van der Waals surface area contributed by atoms with Crippen molar-refractivity contribution in [2.75, 3.05) is 33.2 Å². The van der Waals surface area contributed by atoms with Crippen LogP contribution in [0.4, 0.5) is 0 Å². The first-order chi connectivity index (χ1) is 15.4. The minimum Gasteiger partial charge on any atom is -0.304 e. The summed E-state index contributed by atoms with van der Waals surface area (Å²) in [6.45, 7) is 36.2. The molecule has 196 valence electrons. The van der Waals surface area contributed by atoms with Crippen LogP contribution in [-0.2, 0) is 5.41 Å². The Labute approximate surface area is 210 Å². The molecule has 0 bridgehead atoms. The lowest BCUT2D eigenvalue weighted by atomic mass is 9.60. The van der Waals surface area contributed by atoms with E-state index in [-0.39, 0.29) is 16.2 Å². The van der Waals surface area contributed by atoms with Gasteiger partial charge in [0.25, 0.3) is 0 Å². The van der Waals surface area contributed by atoms with Crippen molar-refractivity contribution in [1.29, 1.82) is 0 Å². The standard InChI is InChI=1S/C25H44N2.3C2H6/c1-20-10-12-22(13-11-20)23(3,4)14-15-24(5,6)25(7,8)21(2)27-18-16-26(9)17-19-27;3*1-2/h10-13,21H,14-19H2,1-9H3;3*1-2H3. The average Bonchev–Trinajstić information content (AvgIpc) is 2.82. The maximum absolute atomic E-state index is 2.72. The van der Waals surface area contributed by atoms with Gasteiger partial charge in [-0.05, 0) is 55.5 Å². The molecular formula is C31H62N2. The van der Waals surface area contributed by atoms with E-state index in [1.165, 1.54) is 50.1 Å². The molecule has 0 amide bonds. The molecule has 0 spiro atoms. The third-order valence-electron chi connectivity index (χ3n) is 8.08. The molecule has 1 unspecified atom stereocenters. The zero-order chi connectivity index (χ0) is 26.5. The van der Waals surface area contributed by atoms with Gasteiger partial charge >= 0.3 is 0 Å². The van der Waals surface area contributed by atoms with Gasteiger partial charge in [0.1, 0.15) is 0 Å². The quantitative estimate of drug-likeness (QED) is 0.399. The maximum atomic E-state index is 2.72. The van der Waals surface area contributed by atoms with Gasteiger partial charge in [-0.2, -0.15) is 0 Å². The molecule has 2 heteroatoms. The van der Waals surface area contributed by atoms with E-state index in [1.807, 2.05) is 41.5 Å². The van der Waals surface area contributed by atoms with Crippen LogP contribution in [0, 0.1) is 17.8 Å². The van der Waals surface area contributed by atoms with Gasteiger partial charge in [0.05, 0.1) is 0 Å². The maximum Gasteiger partial charge on any atom is 0.0124 e. The molecule has 1 atom stereocenters. The Morgan fingerprint density at radius 2 is 1.15 bits per heavy atom. The van der Waals surface area contributed by atoms with Crippen molar-refractivity contribution in [2.24, 2.45) is 10.8 Å². The highest BCUT2D eigenvalue weighted by molar-refractivity contribution is 5.27. The lowest BCUT2D eigenvalue weighted by Gasteiger charge is -2.52. The molecule has 2 rings (SSSR count). The Morgan fingerprint density at radius 3 is 1.58 bits per heavy atom. The van der Waals surface area contributed by atoms with Crippen LogP contribution in [0.5, 0.6) is 0 Å². The van der Waals surface area contributed by atoms with E-state index >= 15 is 0 Å². The number of likely N-dealkylation sites (N-methyl/N-ethyl adjacent to an activating group) is 1. The monoisotopic (exact) mass is 462 g/mol. The van der Waals surface area contributed by atoms with E-state index in [1.54, 1.807) is 0 Å². The molecule has 1 fully saturated rings. The van der Waals surface area contributed by atoms with Crippen molar-refractivity contribution in [3.63, 3.8) is 0 Å². The molecule has 1 saturated heterocycles. The van der Waals surface area contributed by atoms with Gasteiger partial charge in [-0.1, -0.05) is 113 Å². The van der Waals surface area contributed by atoms with E-state index < -0.39 is 0 Å². The van der Waals surface area contributed by atoms with Crippen molar-refractivity contribution in [2.45, 2.75) is 121 Å². The summed E-state index contributed by atoms with van der Waals surface area (Å²) in [5.41, 5.74) is 3.59. The van der Waals surface area contributed by atoms with Crippen LogP contribution >= 0.6 is 0 Å². The minimum atomic E-state index is 0.220. The molecule has 1 aromatic carbocycles. The fraction of sp³-hybridized carbons (Fsp3) is 0.806. The Bertz CT molecular complexity index is 590. The second kappa shape index (κ2) is 15.9. The fourth-order valence-electron chi connectivity index (χ4n) is 4.33. The molecule has 1 heterocycles. The second-order valence-corrected chi connectivity index (χ2v) is 10.9. The summed E-state index contributed by atoms with van der Waals surface area (Å²) >= 11 is 0. The molecule has 0 radical (unpaired) electrons. The molecule has 1 aliphatic heterocycles. The number of rotatable bonds is 7. The van der Waals surface area contributed by atoms with Crippen molar-refractivity contribution in [3.8, 4) is 0 Å². The summed E-state index contributed by atoms with van der Waals surface area (Å²) in [6, 6.07) is 9.74. The smallest absolute Gasteiger partial charge is 0.0124 e. The fourth-order valence-corrected chi connectivity index (χ4v) is 4.33. The summed E-state index contributed by atoms with van der Waals surface area (Å²) in [7, 11) is 2.24. The van der Waals surface area contributed by atoms with E-state index in [0.717, 1.165) is 0 Å². The molecule has 33 heavy (non-hydrogen) atoms. The van der Waals surface area contributed by atoms with E-state index in [9.17, 15) is 0 Å². The molecule has 0 saturated carbocycles. The van der Waals surface area contributed by atoms with Gasteiger partial charge < -0.3 is 4.90 Å². The predicted molar refractivity (Wildman–Crippen MR) is 154 cm³/mol. The SMILES string of the molecule is CC.CC.CC.Cc1ccc(C(C)(C)CCC(C)(C)C(C)(C)C(C)N2CCN(C)CC2)cc1. The van der Waals surface area contributed by atoms with Crippen molar-refractivity contribution >= 4 is 0 Å². The summed E-state index contributed by atoms with van der Waals surface area (Å²) in [6.07, 6.45) is 2.47. The number of aryl methyl sites for hydroxylation is 1. The first-order valence-corrected chi connectivity index (χ1v) is 13.9. The molecule has 1 aliphatic rings. The van der Waals surface area contributed by atoms with Crippen molar-refractivity contribution in [1.82, 2.24) is 9.80 Å². The highest BCUT2D eigenvalue weighted by Gasteiger charge is 2.44. The first kappa shape index (κ1) is 34.3. The molecule has 1 aromatic rings. The van der Waals surface area contributed by atoms with E-state index in [2.05, 4.69) is 96.5 Å². The first-order valence-electron chi connectivity index (χ1n) is 13.9. The topological polar surface area (TPSA) is 6.48 Å². The van der Waals surface area contributed by atoms with Gasteiger partial charge in [-0.3, -0.25) is 4.90 Å². The van der Waals surface area contributed by atoms with Crippen molar-refractivity contribution in [3.05, 3.63) is 35.4 Å². The summed E-state index contributed by atoms with van der Waals surface area (Å²) in [5, 5.41) is 0. The van der Waals surface area contributed by atoms with Gasteiger partial charge in [0.2, 0.25) is 0 Å². The molecule has 0 aromatic heterocycles. The number of nitrogens with zero attached hydrogens (tertiary/aromatic N) is 2. The van der Waals surface area contributed by atoms with Crippen LogP contribution in [0.2, 0.25) is 0 Å². The lowest BCUT2D eigenvalue weighted by Crippen LogP contribution is -2.55. The van der Waals surface area contributed by atoms with E-state index in [0.29, 0.717) is 6.04 Å². The molecule has 0 aliphatic carbocycles. The zero-order valence-electron chi connectivity index (χ0n) is 25.5. The van der Waals surface area contributed by atoms with Gasteiger partial charge in [-0.15, -0.1) is 0 Å². The Hall–Kier alpha value is -0.860. The summed E-state index contributed by atoms with van der Waals surface area (Å²) < 4.78 is 0. The number of benzene rings is 1. The Balaban J connectivity index is 0.